The molecule has 4 heteroatoms. The van der Waals surface area contributed by atoms with Gasteiger partial charge >= 0.3 is 0 Å². The zero-order valence-electron chi connectivity index (χ0n) is 18.2. The third-order valence-corrected chi connectivity index (χ3v) is 6.77. The van der Waals surface area contributed by atoms with Gasteiger partial charge in [0.2, 0.25) is 0 Å². The lowest BCUT2D eigenvalue weighted by Gasteiger charge is -2.37. The summed E-state index contributed by atoms with van der Waals surface area (Å²) < 4.78 is 6.03. The lowest BCUT2D eigenvalue weighted by Crippen LogP contribution is -2.42. The van der Waals surface area contributed by atoms with Gasteiger partial charge in [-0.2, -0.15) is 5.26 Å². The van der Waals surface area contributed by atoms with E-state index in [1.54, 1.807) is 0 Å². The number of piperidine rings is 1. The number of rotatable bonds is 4. The molecule has 160 valence electrons. The molecule has 3 heterocycles. The van der Waals surface area contributed by atoms with Crippen LogP contribution in [0.1, 0.15) is 41.6 Å². The molecule has 1 aromatic heterocycles. The van der Waals surface area contributed by atoms with Crippen molar-refractivity contribution in [1.29, 1.82) is 5.26 Å². The largest absolute Gasteiger partial charge is 0.487 e. The van der Waals surface area contributed by atoms with Gasteiger partial charge < -0.3 is 9.64 Å². The minimum Gasteiger partial charge on any atom is -0.487 e. The Kier molecular flexibility index (Phi) is 5.75. The molecule has 0 amide bonds. The summed E-state index contributed by atoms with van der Waals surface area (Å²) in [5, 5.41) is 9.94. The molecule has 0 bridgehead atoms. The molecule has 0 atom stereocenters. The van der Waals surface area contributed by atoms with Crippen LogP contribution in [0.25, 0.3) is 5.57 Å². The number of para-hydroxylation sites is 1. The first kappa shape index (κ1) is 20.5. The quantitative estimate of drug-likeness (QED) is 0.570. The van der Waals surface area contributed by atoms with Gasteiger partial charge in [-0.25, -0.2) is 0 Å². The Morgan fingerprint density at radius 3 is 2.53 bits per heavy atom. The molecule has 4 nitrogen and oxygen atoms in total. The summed E-state index contributed by atoms with van der Waals surface area (Å²) in [6.45, 7) is 3.37. The molecular weight excluding hydrogens is 394 g/mol. The first-order valence-corrected chi connectivity index (χ1v) is 11.3. The van der Waals surface area contributed by atoms with Gasteiger partial charge in [0.15, 0.2) is 0 Å². The van der Waals surface area contributed by atoms with Gasteiger partial charge in [0, 0.05) is 23.9 Å². The Hall–Kier alpha value is -3.42. The maximum Gasteiger partial charge on any atom is 0.131 e. The van der Waals surface area contributed by atoms with Crippen LogP contribution in [0.5, 0.6) is 5.75 Å². The Labute approximate surface area is 189 Å². The number of hydrogen-bond donors (Lipinski definition) is 0. The van der Waals surface area contributed by atoms with Crippen molar-refractivity contribution < 1.29 is 4.74 Å². The monoisotopic (exact) mass is 421 g/mol. The van der Waals surface area contributed by atoms with Gasteiger partial charge in [0.05, 0.1) is 17.2 Å². The highest BCUT2D eigenvalue weighted by Gasteiger charge is 2.36. The van der Waals surface area contributed by atoms with Crippen LogP contribution >= 0.6 is 0 Å². The molecule has 5 rings (SSSR count). The topological polar surface area (TPSA) is 49.2 Å². The summed E-state index contributed by atoms with van der Waals surface area (Å²) in [4.78, 5) is 7.04. The summed E-state index contributed by atoms with van der Waals surface area (Å²) in [5.74, 6) is 0.913. The van der Waals surface area contributed by atoms with Gasteiger partial charge in [-0.3, -0.25) is 4.98 Å². The van der Waals surface area contributed by atoms with Crippen LogP contribution in [-0.4, -0.2) is 29.5 Å². The third-order valence-electron chi connectivity index (χ3n) is 6.77. The van der Waals surface area contributed by atoms with E-state index in [2.05, 4.69) is 52.4 Å². The second kappa shape index (κ2) is 8.98. The van der Waals surface area contributed by atoms with Gasteiger partial charge in [-0.15, -0.1) is 0 Å². The van der Waals surface area contributed by atoms with Crippen molar-refractivity contribution in [2.75, 3.05) is 19.6 Å². The first-order chi connectivity index (χ1) is 15.8. The Bertz CT molecular complexity index is 1110. The normalized spacial score (nSPS) is 18.7. The Morgan fingerprint density at radius 1 is 0.969 bits per heavy atom. The summed E-state index contributed by atoms with van der Waals surface area (Å²) in [7, 11) is 0. The van der Waals surface area contributed by atoms with Gasteiger partial charge in [-0.05, 0) is 55.6 Å². The summed E-state index contributed by atoms with van der Waals surface area (Å²) in [5.41, 5.74) is 5.28. The van der Waals surface area contributed by atoms with Gasteiger partial charge in [0.25, 0.3) is 0 Å². The summed E-state index contributed by atoms with van der Waals surface area (Å²) >= 11 is 0. The highest BCUT2D eigenvalue weighted by atomic mass is 16.5. The number of aromatic nitrogens is 1. The summed E-state index contributed by atoms with van der Waals surface area (Å²) in [6, 6.07) is 25.3. The third kappa shape index (κ3) is 3.92. The number of hydrogen-bond acceptors (Lipinski definition) is 4. The standard InChI is InChI=1S/C28H27N3O/c29-21-28(22-8-2-1-3-9-22)14-18-31(19-15-28)17-7-12-23-24-11-6-16-30-26(24)20-32-27-13-5-4-10-25(23)27/h1-6,8-13,16H,7,14-15,17-20H2. The van der Waals surface area contributed by atoms with E-state index in [1.807, 2.05) is 42.6 Å². The molecular formula is C28H27N3O. The lowest BCUT2D eigenvalue weighted by atomic mass is 9.74. The van der Waals surface area contributed by atoms with E-state index in [4.69, 9.17) is 4.74 Å². The molecule has 0 spiro atoms. The second-order valence-electron chi connectivity index (χ2n) is 8.59. The van der Waals surface area contributed by atoms with E-state index in [1.165, 1.54) is 5.57 Å². The molecule has 0 aliphatic carbocycles. The van der Waals surface area contributed by atoms with Crippen LogP contribution in [0.15, 0.2) is 79.0 Å². The fourth-order valence-electron chi connectivity index (χ4n) is 4.90. The van der Waals surface area contributed by atoms with Crippen molar-refractivity contribution in [3.8, 4) is 11.8 Å². The van der Waals surface area contributed by atoms with Crippen LogP contribution in [0.2, 0.25) is 0 Å². The van der Waals surface area contributed by atoms with Crippen LogP contribution in [-0.2, 0) is 12.0 Å². The van der Waals surface area contributed by atoms with E-state index >= 15 is 0 Å². The van der Waals surface area contributed by atoms with Crippen molar-refractivity contribution in [2.24, 2.45) is 0 Å². The number of nitriles is 1. The molecule has 32 heavy (non-hydrogen) atoms. The minimum absolute atomic E-state index is 0.349. The number of nitrogens with zero attached hydrogens (tertiary/aromatic N) is 3. The number of likely N-dealkylation sites (tertiary alicyclic amines) is 1. The fourth-order valence-corrected chi connectivity index (χ4v) is 4.90. The van der Waals surface area contributed by atoms with Crippen molar-refractivity contribution >= 4 is 5.57 Å². The van der Waals surface area contributed by atoms with E-state index in [0.29, 0.717) is 6.61 Å². The average Bonchev–Trinajstić information content (AvgIpc) is 3.02. The smallest absolute Gasteiger partial charge is 0.131 e. The lowest BCUT2D eigenvalue weighted by molar-refractivity contribution is 0.189. The molecule has 3 aromatic rings. The maximum absolute atomic E-state index is 9.94. The molecule has 2 aliphatic heterocycles. The minimum atomic E-state index is -0.349. The number of fused-ring (bicyclic) bond motifs is 2. The zero-order chi connectivity index (χ0) is 21.8. The molecule has 0 radical (unpaired) electrons. The highest BCUT2D eigenvalue weighted by molar-refractivity contribution is 5.84. The Balaban J connectivity index is 1.31. The number of pyridine rings is 1. The maximum atomic E-state index is 9.94. The van der Waals surface area contributed by atoms with Crippen molar-refractivity contribution in [3.05, 3.63) is 101 Å². The van der Waals surface area contributed by atoms with Crippen LogP contribution in [0.3, 0.4) is 0 Å². The molecule has 2 aliphatic rings. The molecule has 0 saturated carbocycles. The van der Waals surface area contributed by atoms with E-state index in [0.717, 1.165) is 67.0 Å². The van der Waals surface area contributed by atoms with E-state index in [9.17, 15) is 5.26 Å². The molecule has 0 unspecified atom stereocenters. The highest BCUT2D eigenvalue weighted by Crippen LogP contribution is 2.37. The van der Waals surface area contributed by atoms with Crippen LogP contribution in [0, 0.1) is 11.3 Å². The van der Waals surface area contributed by atoms with E-state index in [-0.39, 0.29) is 5.41 Å². The van der Waals surface area contributed by atoms with Crippen molar-refractivity contribution in [2.45, 2.75) is 31.3 Å². The zero-order valence-corrected chi connectivity index (χ0v) is 18.2. The SMILES string of the molecule is N#CC1(c2ccccc2)CCN(CCC=C2c3ccccc3OCc3ncccc32)CC1. The predicted octanol–water partition coefficient (Wildman–Crippen LogP) is 5.35. The molecule has 1 fully saturated rings. The second-order valence-corrected chi connectivity index (χ2v) is 8.59. The molecule has 2 aromatic carbocycles. The Morgan fingerprint density at radius 2 is 1.72 bits per heavy atom. The van der Waals surface area contributed by atoms with Crippen molar-refractivity contribution in [3.63, 3.8) is 0 Å². The van der Waals surface area contributed by atoms with Crippen molar-refractivity contribution in [1.82, 2.24) is 9.88 Å². The number of ether oxygens (including phenoxy) is 1. The number of benzene rings is 2. The van der Waals surface area contributed by atoms with Gasteiger partial charge in [-0.1, -0.05) is 60.7 Å². The van der Waals surface area contributed by atoms with Gasteiger partial charge in [0.1, 0.15) is 12.4 Å². The fraction of sp³-hybridized carbons (Fsp3) is 0.286. The van der Waals surface area contributed by atoms with E-state index < -0.39 is 0 Å². The average molecular weight is 422 g/mol. The van der Waals surface area contributed by atoms with Crippen LogP contribution in [0.4, 0.5) is 0 Å². The molecule has 0 N–H and O–H groups in total. The summed E-state index contributed by atoms with van der Waals surface area (Å²) in [6.07, 6.45) is 6.87. The first-order valence-electron chi connectivity index (χ1n) is 11.3. The molecule has 1 saturated heterocycles. The predicted molar refractivity (Wildman–Crippen MR) is 126 cm³/mol. The van der Waals surface area contributed by atoms with Crippen LogP contribution < -0.4 is 4.74 Å².